The van der Waals surface area contributed by atoms with Gasteiger partial charge in [-0.15, -0.1) is 0 Å². The molecule has 92 valence electrons. The molecule has 0 heterocycles. The van der Waals surface area contributed by atoms with Crippen LogP contribution in [0, 0.1) is 11.7 Å². The minimum atomic E-state index is -0.368. The molecule has 1 unspecified atom stereocenters. The first-order valence-corrected chi connectivity index (χ1v) is 5.83. The summed E-state index contributed by atoms with van der Waals surface area (Å²) in [6.07, 6.45) is 5.11. The second kappa shape index (κ2) is 5.27. The van der Waals surface area contributed by atoms with Crippen LogP contribution in [0.2, 0.25) is 0 Å². The summed E-state index contributed by atoms with van der Waals surface area (Å²) in [5.41, 5.74) is 6.73. The number of hydrogen-bond donors (Lipinski definition) is 1. The second-order valence-corrected chi connectivity index (χ2v) is 4.35. The molecule has 3 nitrogen and oxygen atoms in total. The number of benzene rings is 1. The van der Waals surface area contributed by atoms with Gasteiger partial charge in [0.2, 0.25) is 0 Å². The number of nitrogens with zero attached hydrogens (tertiary/aromatic N) is 1. The van der Waals surface area contributed by atoms with E-state index in [9.17, 15) is 4.39 Å². The number of halogens is 1. The summed E-state index contributed by atoms with van der Waals surface area (Å²) in [5, 5.41) is 0. The Morgan fingerprint density at radius 2 is 2.29 bits per heavy atom. The molecule has 0 aliphatic heterocycles. The summed E-state index contributed by atoms with van der Waals surface area (Å²) in [6, 6.07) is 4.65. The van der Waals surface area contributed by atoms with E-state index in [-0.39, 0.29) is 17.7 Å². The molecule has 0 bridgehead atoms. The standard InChI is InChI=1S/C13H17FN2O/c1-17-12-7-9(5-6-11(12)14)8-16-13(15)10-3-2-4-10/h5-8,10,13H,2-4,15H2,1H3. The summed E-state index contributed by atoms with van der Waals surface area (Å²) in [5.74, 6) is 0.368. The van der Waals surface area contributed by atoms with Crippen molar-refractivity contribution in [2.45, 2.75) is 25.4 Å². The van der Waals surface area contributed by atoms with Gasteiger partial charge in [0.05, 0.1) is 13.3 Å². The lowest BCUT2D eigenvalue weighted by Gasteiger charge is -2.28. The van der Waals surface area contributed by atoms with Gasteiger partial charge < -0.3 is 10.5 Å². The van der Waals surface area contributed by atoms with Crippen LogP contribution >= 0.6 is 0 Å². The normalized spacial score (nSPS) is 18.1. The average molecular weight is 236 g/mol. The number of hydrogen-bond acceptors (Lipinski definition) is 3. The fourth-order valence-electron chi connectivity index (χ4n) is 1.83. The largest absolute Gasteiger partial charge is 0.494 e. The van der Waals surface area contributed by atoms with Crippen molar-refractivity contribution >= 4 is 6.21 Å². The number of aliphatic imine (C=N–C) groups is 1. The number of ether oxygens (including phenoxy) is 1. The molecule has 1 aromatic carbocycles. The van der Waals surface area contributed by atoms with Crippen LogP contribution in [-0.4, -0.2) is 19.5 Å². The van der Waals surface area contributed by atoms with E-state index in [4.69, 9.17) is 10.5 Å². The molecule has 0 spiro atoms. The summed E-state index contributed by atoms with van der Waals surface area (Å²) < 4.78 is 18.1. The zero-order chi connectivity index (χ0) is 12.3. The highest BCUT2D eigenvalue weighted by Crippen LogP contribution is 2.29. The summed E-state index contributed by atoms with van der Waals surface area (Å²) in [6.45, 7) is 0. The summed E-state index contributed by atoms with van der Waals surface area (Å²) in [7, 11) is 1.44. The third-order valence-electron chi connectivity index (χ3n) is 3.20. The summed E-state index contributed by atoms with van der Waals surface area (Å²) >= 11 is 0. The van der Waals surface area contributed by atoms with Gasteiger partial charge in [0.25, 0.3) is 0 Å². The SMILES string of the molecule is COc1cc(C=NC(N)C2CCC2)ccc1F. The average Bonchev–Trinajstić information content (AvgIpc) is 2.25. The topological polar surface area (TPSA) is 47.6 Å². The Bertz CT molecular complexity index is 416. The molecule has 2 N–H and O–H groups in total. The molecular formula is C13H17FN2O. The maximum atomic E-state index is 13.2. The van der Waals surface area contributed by atoms with Gasteiger partial charge in [-0.3, -0.25) is 4.99 Å². The molecule has 1 aliphatic rings. The Morgan fingerprint density at radius 1 is 1.53 bits per heavy atom. The maximum Gasteiger partial charge on any atom is 0.165 e. The van der Waals surface area contributed by atoms with Crippen LogP contribution < -0.4 is 10.5 Å². The lowest BCUT2D eigenvalue weighted by atomic mass is 9.83. The number of methoxy groups -OCH3 is 1. The Hall–Kier alpha value is -1.42. The zero-order valence-corrected chi connectivity index (χ0v) is 9.90. The molecule has 1 aromatic rings. The minimum absolute atomic E-state index is 0.139. The highest BCUT2D eigenvalue weighted by molar-refractivity contribution is 5.80. The molecule has 2 rings (SSSR count). The lowest BCUT2D eigenvalue weighted by molar-refractivity contribution is 0.267. The molecule has 0 radical (unpaired) electrons. The molecule has 1 saturated carbocycles. The quantitative estimate of drug-likeness (QED) is 0.816. The molecule has 0 aromatic heterocycles. The van der Waals surface area contributed by atoms with E-state index >= 15 is 0 Å². The van der Waals surface area contributed by atoms with E-state index in [1.54, 1.807) is 18.3 Å². The van der Waals surface area contributed by atoms with Gasteiger partial charge in [0.15, 0.2) is 11.6 Å². The molecule has 1 fully saturated rings. The molecule has 0 saturated heterocycles. The summed E-state index contributed by atoms with van der Waals surface area (Å²) in [4.78, 5) is 4.30. The van der Waals surface area contributed by atoms with Crippen LogP contribution in [-0.2, 0) is 0 Å². The Labute approximate surface area is 100 Å². The van der Waals surface area contributed by atoms with E-state index < -0.39 is 0 Å². The van der Waals surface area contributed by atoms with Crippen LogP contribution in [0.4, 0.5) is 4.39 Å². The van der Waals surface area contributed by atoms with E-state index in [0.717, 1.165) is 18.4 Å². The molecule has 0 amide bonds. The minimum Gasteiger partial charge on any atom is -0.494 e. The monoisotopic (exact) mass is 236 g/mol. The van der Waals surface area contributed by atoms with E-state index in [2.05, 4.69) is 4.99 Å². The predicted molar refractivity (Wildman–Crippen MR) is 65.9 cm³/mol. The van der Waals surface area contributed by atoms with Crippen LogP contribution in [0.25, 0.3) is 0 Å². The van der Waals surface area contributed by atoms with E-state index in [1.807, 2.05) is 0 Å². The molecule has 17 heavy (non-hydrogen) atoms. The van der Waals surface area contributed by atoms with Crippen LogP contribution in [0.1, 0.15) is 24.8 Å². The molecule has 1 atom stereocenters. The Morgan fingerprint density at radius 3 is 2.88 bits per heavy atom. The van der Waals surface area contributed by atoms with Gasteiger partial charge in [-0.05, 0) is 36.5 Å². The molecule has 1 aliphatic carbocycles. The van der Waals surface area contributed by atoms with Gasteiger partial charge in [-0.25, -0.2) is 4.39 Å². The van der Waals surface area contributed by atoms with Crippen molar-refractivity contribution in [3.8, 4) is 5.75 Å². The third-order valence-corrected chi connectivity index (χ3v) is 3.20. The van der Waals surface area contributed by atoms with Gasteiger partial charge in [-0.1, -0.05) is 12.5 Å². The lowest BCUT2D eigenvalue weighted by Crippen LogP contribution is -2.32. The van der Waals surface area contributed by atoms with Crippen LogP contribution in [0.3, 0.4) is 0 Å². The first-order chi connectivity index (χ1) is 8.20. The second-order valence-electron chi connectivity index (χ2n) is 4.35. The van der Waals surface area contributed by atoms with Crippen molar-refractivity contribution in [1.82, 2.24) is 0 Å². The first kappa shape index (κ1) is 12.0. The van der Waals surface area contributed by atoms with Crippen molar-refractivity contribution in [1.29, 1.82) is 0 Å². The van der Waals surface area contributed by atoms with E-state index in [0.29, 0.717) is 5.92 Å². The van der Waals surface area contributed by atoms with Crippen molar-refractivity contribution in [2.24, 2.45) is 16.6 Å². The number of rotatable bonds is 4. The number of nitrogens with two attached hydrogens (primary N) is 1. The highest BCUT2D eigenvalue weighted by atomic mass is 19.1. The van der Waals surface area contributed by atoms with Crippen molar-refractivity contribution in [3.63, 3.8) is 0 Å². The first-order valence-electron chi connectivity index (χ1n) is 5.83. The maximum absolute atomic E-state index is 13.2. The predicted octanol–water partition coefficient (Wildman–Crippen LogP) is 2.34. The molecule has 4 heteroatoms. The Balaban J connectivity index is 2.04. The van der Waals surface area contributed by atoms with Crippen LogP contribution in [0.15, 0.2) is 23.2 Å². The Kier molecular flexibility index (Phi) is 3.74. The van der Waals surface area contributed by atoms with Gasteiger partial charge in [0.1, 0.15) is 0 Å². The van der Waals surface area contributed by atoms with Crippen molar-refractivity contribution in [2.75, 3.05) is 7.11 Å². The van der Waals surface area contributed by atoms with Crippen molar-refractivity contribution < 1.29 is 9.13 Å². The van der Waals surface area contributed by atoms with Crippen LogP contribution in [0.5, 0.6) is 5.75 Å². The fraction of sp³-hybridized carbons (Fsp3) is 0.462. The van der Waals surface area contributed by atoms with Gasteiger partial charge in [0, 0.05) is 6.21 Å². The van der Waals surface area contributed by atoms with E-state index in [1.165, 1.54) is 19.6 Å². The van der Waals surface area contributed by atoms with Crippen molar-refractivity contribution in [3.05, 3.63) is 29.6 Å². The zero-order valence-electron chi connectivity index (χ0n) is 9.90. The van der Waals surface area contributed by atoms with Gasteiger partial charge >= 0.3 is 0 Å². The van der Waals surface area contributed by atoms with Gasteiger partial charge in [-0.2, -0.15) is 0 Å². The third kappa shape index (κ3) is 2.82. The molecular weight excluding hydrogens is 219 g/mol. The highest BCUT2D eigenvalue weighted by Gasteiger charge is 2.23. The fourth-order valence-corrected chi connectivity index (χ4v) is 1.83. The smallest absolute Gasteiger partial charge is 0.165 e.